The topological polar surface area (TPSA) is 50.4 Å². The molecule has 0 aromatic carbocycles. The summed E-state index contributed by atoms with van der Waals surface area (Å²) < 4.78 is 5.35. The van der Waals surface area contributed by atoms with Crippen LogP contribution in [0.1, 0.15) is 88.0 Å². The Kier molecular flexibility index (Phi) is 7.31. The minimum absolute atomic E-state index is 0.138. The van der Waals surface area contributed by atoms with Gasteiger partial charge in [0.05, 0.1) is 12.2 Å². The monoisotopic (exact) mass is 410 g/mol. The van der Waals surface area contributed by atoms with Crippen LogP contribution in [0.5, 0.6) is 0 Å². The van der Waals surface area contributed by atoms with E-state index in [4.69, 9.17) is 17.0 Å². The summed E-state index contributed by atoms with van der Waals surface area (Å²) in [5.41, 5.74) is 1.91. The fourth-order valence-corrected chi connectivity index (χ4v) is 5.79. The highest BCUT2D eigenvalue weighted by Crippen LogP contribution is 2.38. The first-order valence-corrected chi connectivity index (χ1v) is 11.2. The number of thiocarbonyl (C=S) groups is 1. The maximum atomic E-state index is 12.6. The van der Waals surface area contributed by atoms with E-state index < -0.39 is 0 Å². The summed E-state index contributed by atoms with van der Waals surface area (Å²) in [4.78, 5) is 13.9. The lowest BCUT2D eigenvalue weighted by molar-refractivity contribution is 0.0527. The van der Waals surface area contributed by atoms with Gasteiger partial charge in [-0.05, 0) is 76.1 Å². The van der Waals surface area contributed by atoms with Crippen LogP contribution in [0.3, 0.4) is 0 Å². The number of anilines is 1. The van der Waals surface area contributed by atoms with Gasteiger partial charge in [0.1, 0.15) is 5.00 Å². The van der Waals surface area contributed by atoms with E-state index in [1.54, 1.807) is 11.3 Å². The van der Waals surface area contributed by atoms with Crippen LogP contribution in [0.15, 0.2) is 0 Å². The minimum atomic E-state index is -0.240. The summed E-state index contributed by atoms with van der Waals surface area (Å²) in [6.07, 6.45) is 6.47. The van der Waals surface area contributed by atoms with Crippen LogP contribution in [-0.2, 0) is 17.6 Å². The number of hydrogen-bond donors (Lipinski definition) is 2. The highest BCUT2D eigenvalue weighted by Gasteiger charge is 2.29. The third-order valence-electron chi connectivity index (χ3n) is 4.55. The van der Waals surface area contributed by atoms with Crippen LogP contribution in [0.25, 0.3) is 0 Å². The number of nitrogens with one attached hydrogen (secondary N) is 2. The molecule has 1 aromatic rings. The highest BCUT2D eigenvalue weighted by atomic mass is 32.1. The van der Waals surface area contributed by atoms with E-state index in [0.717, 1.165) is 36.2 Å². The SMILES string of the molecule is CCOC(=O)c1c(NC(=S)NC(C)(C)CC(C)(C)C)sc2c1CCCCC2. The van der Waals surface area contributed by atoms with Crippen molar-refractivity contribution in [2.24, 2.45) is 5.41 Å². The molecule has 0 atom stereocenters. The second kappa shape index (κ2) is 8.91. The molecule has 0 amide bonds. The lowest BCUT2D eigenvalue weighted by atomic mass is 9.82. The summed E-state index contributed by atoms with van der Waals surface area (Å²) in [6.45, 7) is 13.2. The molecule has 0 radical (unpaired) electrons. The van der Waals surface area contributed by atoms with E-state index in [0.29, 0.717) is 17.3 Å². The van der Waals surface area contributed by atoms with E-state index in [-0.39, 0.29) is 16.9 Å². The van der Waals surface area contributed by atoms with E-state index in [1.807, 2.05) is 6.92 Å². The predicted octanol–water partition coefficient (Wildman–Crippen LogP) is 5.69. The Morgan fingerprint density at radius 1 is 1.15 bits per heavy atom. The van der Waals surface area contributed by atoms with Crippen molar-refractivity contribution >= 4 is 39.6 Å². The summed E-state index contributed by atoms with van der Waals surface area (Å²) in [6, 6.07) is 0. The number of thiophene rings is 1. The molecule has 0 saturated carbocycles. The number of esters is 1. The molecular formula is C21H34N2O2S2. The minimum Gasteiger partial charge on any atom is -0.462 e. The van der Waals surface area contributed by atoms with Crippen molar-refractivity contribution in [3.8, 4) is 0 Å². The van der Waals surface area contributed by atoms with Crippen molar-refractivity contribution < 1.29 is 9.53 Å². The Bertz CT molecular complexity index is 687. The van der Waals surface area contributed by atoms with Crippen molar-refractivity contribution in [1.82, 2.24) is 5.32 Å². The van der Waals surface area contributed by atoms with Gasteiger partial charge in [0, 0.05) is 10.4 Å². The molecule has 152 valence electrons. The van der Waals surface area contributed by atoms with Crippen LogP contribution >= 0.6 is 23.6 Å². The second-order valence-corrected chi connectivity index (χ2v) is 10.7. The Morgan fingerprint density at radius 3 is 2.44 bits per heavy atom. The van der Waals surface area contributed by atoms with E-state index in [2.05, 4.69) is 45.3 Å². The maximum Gasteiger partial charge on any atom is 0.341 e. The molecule has 6 heteroatoms. The van der Waals surface area contributed by atoms with Gasteiger partial charge in [0.2, 0.25) is 0 Å². The highest BCUT2D eigenvalue weighted by molar-refractivity contribution is 7.80. The van der Waals surface area contributed by atoms with Gasteiger partial charge in [-0.15, -0.1) is 11.3 Å². The number of carbonyl (C=O) groups is 1. The first-order valence-electron chi connectivity index (χ1n) is 9.93. The van der Waals surface area contributed by atoms with Crippen LogP contribution in [0.2, 0.25) is 0 Å². The standard InChI is InChI=1S/C21H34N2O2S2/c1-7-25-18(24)16-14-11-9-8-10-12-15(14)27-17(16)22-19(26)23-21(5,6)13-20(2,3)4/h7-13H2,1-6H3,(H2,22,23,26). The van der Waals surface area contributed by atoms with Crippen LogP contribution in [0, 0.1) is 5.41 Å². The molecule has 1 heterocycles. The normalized spacial score (nSPS) is 14.9. The van der Waals surface area contributed by atoms with Crippen LogP contribution in [0.4, 0.5) is 5.00 Å². The molecule has 27 heavy (non-hydrogen) atoms. The van der Waals surface area contributed by atoms with Gasteiger partial charge in [-0.2, -0.15) is 0 Å². The number of aryl methyl sites for hydroxylation is 1. The van der Waals surface area contributed by atoms with E-state index in [1.165, 1.54) is 17.7 Å². The van der Waals surface area contributed by atoms with Gasteiger partial charge in [-0.3, -0.25) is 0 Å². The molecular weight excluding hydrogens is 376 g/mol. The van der Waals surface area contributed by atoms with Gasteiger partial charge >= 0.3 is 5.97 Å². The Balaban J connectivity index is 2.22. The summed E-state index contributed by atoms with van der Waals surface area (Å²) >= 11 is 7.24. The number of fused-ring (bicyclic) bond motifs is 1. The fraction of sp³-hybridized carbons (Fsp3) is 0.714. The molecule has 0 saturated heterocycles. The number of hydrogen-bond acceptors (Lipinski definition) is 4. The third kappa shape index (κ3) is 6.46. The molecule has 0 aliphatic heterocycles. The van der Waals surface area contributed by atoms with Gasteiger partial charge in [-0.25, -0.2) is 4.79 Å². The van der Waals surface area contributed by atoms with Crippen molar-refractivity contribution in [3.05, 3.63) is 16.0 Å². The third-order valence-corrected chi connectivity index (χ3v) is 5.96. The van der Waals surface area contributed by atoms with Crippen LogP contribution in [-0.4, -0.2) is 23.2 Å². The first kappa shape index (κ1) is 22.2. The molecule has 1 aromatic heterocycles. The average molecular weight is 411 g/mol. The maximum absolute atomic E-state index is 12.6. The molecule has 0 bridgehead atoms. The Hall–Kier alpha value is -1.14. The summed E-state index contributed by atoms with van der Waals surface area (Å²) in [5, 5.41) is 8.12. The van der Waals surface area contributed by atoms with Gasteiger partial charge in [-0.1, -0.05) is 27.2 Å². The zero-order valence-electron chi connectivity index (χ0n) is 17.6. The molecule has 0 fully saturated rings. The molecule has 2 rings (SSSR count). The Morgan fingerprint density at radius 2 is 1.81 bits per heavy atom. The zero-order valence-corrected chi connectivity index (χ0v) is 19.2. The number of ether oxygens (including phenoxy) is 1. The van der Waals surface area contributed by atoms with Gasteiger partial charge < -0.3 is 15.4 Å². The van der Waals surface area contributed by atoms with Gasteiger partial charge in [0.15, 0.2) is 5.11 Å². The second-order valence-electron chi connectivity index (χ2n) is 9.19. The van der Waals surface area contributed by atoms with E-state index >= 15 is 0 Å². The molecule has 0 spiro atoms. The smallest absolute Gasteiger partial charge is 0.341 e. The quantitative estimate of drug-likeness (QED) is 0.371. The predicted molar refractivity (Wildman–Crippen MR) is 119 cm³/mol. The molecule has 0 unspecified atom stereocenters. The van der Waals surface area contributed by atoms with Crippen molar-refractivity contribution in [2.75, 3.05) is 11.9 Å². The number of carbonyl (C=O) groups excluding carboxylic acids is 1. The molecule has 2 N–H and O–H groups in total. The molecule has 4 nitrogen and oxygen atoms in total. The average Bonchev–Trinajstić information content (AvgIpc) is 2.66. The van der Waals surface area contributed by atoms with Crippen molar-refractivity contribution in [3.63, 3.8) is 0 Å². The number of rotatable bonds is 5. The summed E-state index contributed by atoms with van der Waals surface area (Å²) in [5.74, 6) is -0.240. The van der Waals surface area contributed by atoms with Crippen molar-refractivity contribution in [2.45, 2.75) is 85.6 Å². The fourth-order valence-electron chi connectivity index (χ4n) is 4.06. The lowest BCUT2D eigenvalue weighted by Crippen LogP contribution is -2.47. The van der Waals surface area contributed by atoms with E-state index in [9.17, 15) is 4.79 Å². The van der Waals surface area contributed by atoms with Crippen LogP contribution < -0.4 is 10.6 Å². The largest absolute Gasteiger partial charge is 0.462 e. The molecule has 1 aliphatic carbocycles. The lowest BCUT2D eigenvalue weighted by Gasteiger charge is -2.34. The van der Waals surface area contributed by atoms with Gasteiger partial charge in [0.25, 0.3) is 0 Å². The molecule has 1 aliphatic rings. The first-order chi connectivity index (χ1) is 12.5. The zero-order chi connectivity index (χ0) is 20.2. The Labute approximate surface area is 173 Å². The summed E-state index contributed by atoms with van der Waals surface area (Å²) in [7, 11) is 0. The van der Waals surface area contributed by atoms with Crippen molar-refractivity contribution in [1.29, 1.82) is 0 Å².